The van der Waals surface area contributed by atoms with Crippen LogP contribution in [-0.2, 0) is 24.8 Å². The van der Waals surface area contributed by atoms with E-state index in [1.807, 2.05) is 13.8 Å². The van der Waals surface area contributed by atoms with Crippen LogP contribution in [0.4, 0.5) is 10.1 Å². The number of anilines is 1. The van der Waals surface area contributed by atoms with E-state index in [1.54, 1.807) is 13.0 Å². The molecule has 14 heteroatoms. The number of carbonyl (C=O) groups excluding carboxylic acids is 1. The molecule has 43 heavy (non-hydrogen) atoms. The molecule has 11 nitrogen and oxygen atoms in total. The largest absolute Gasteiger partial charge is 0.490 e. The maximum Gasteiger partial charge on any atom is 0.258 e. The molecule has 240 valence electrons. The van der Waals surface area contributed by atoms with E-state index >= 15 is 0 Å². The fourth-order valence-electron chi connectivity index (χ4n) is 4.80. The van der Waals surface area contributed by atoms with Gasteiger partial charge in [0.1, 0.15) is 11.6 Å². The molecule has 1 heterocycles. The first kappa shape index (κ1) is 34.7. The van der Waals surface area contributed by atoms with Crippen LogP contribution in [0.3, 0.4) is 0 Å². The number of likely N-dealkylation sites (N-methyl/N-ethyl adjacent to an activating group) is 1. The number of hydrogen-bond donors (Lipinski definition) is 2. The molecule has 0 saturated heterocycles. The summed E-state index contributed by atoms with van der Waals surface area (Å²) < 4.78 is 79.6. The van der Waals surface area contributed by atoms with E-state index in [4.69, 9.17) is 9.47 Å². The number of rotatable bonds is 8. The van der Waals surface area contributed by atoms with Crippen LogP contribution in [0.15, 0.2) is 47.4 Å². The molecule has 0 saturated carbocycles. The Kier molecular flexibility index (Phi) is 11.9. The van der Waals surface area contributed by atoms with Gasteiger partial charge in [0.25, 0.3) is 5.91 Å². The zero-order valence-corrected chi connectivity index (χ0v) is 26.8. The monoisotopic (exact) mass is 643 g/mol. The summed E-state index contributed by atoms with van der Waals surface area (Å²) in [6, 6.07) is 8.42. The third-order valence-electron chi connectivity index (χ3n) is 7.31. The number of carbonyl (C=O) groups is 1. The lowest BCUT2D eigenvalue weighted by molar-refractivity contribution is -0.00833. The van der Waals surface area contributed by atoms with Crippen LogP contribution < -0.4 is 9.46 Å². The van der Waals surface area contributed by atoms with Crippen molar-refractivity contribution >= 4 is 31.6 Å². The standard InChI is InChI=1S/C29H42FN3O8S2/c1-20-17-33(21(2)19-34)29(35)26-16-24(31-42(5,36)37)11-14-27(26)41-22(3)8-6-7-15-40-28(20)18-32(4)43(38,39)25-12-9-23(30)10-13-25/h9-14,16,20-22,28,31,34H,6-8,15,17-19H2,1-5H3/t20-,21+,22-,28+/m0/s1. The number of nitrogens with one attached hydrogen (secondary N) is 1. The summed E-state index contributed by atoms with van der Waals surface area (Å²) in [5.74, 6) is -1.15. The molecular weight excluding hydrogens is 601 g/mol. The van der Waals surface area contributed by atoms with Crippen molar-refractivity contribution in [2.75, 3.05) is 44.3 Å². The Morgan fingerprint density at radius 1 is 1.12 bits per heavy atom. The summed E-state index contributed by atoms with van der Waals surface area (Å²) in [5, 5.41) is 10.1. The fourth-order valence-corrected chi connectivity index (χ4v) is 6.54. The van der Waals surface area contributed by atoms with Gasteiger partial charge in [0.2, 0.25) is 20.0 Å². The molecule has 2 N–H and O–H groups in total. The van der Waals surface area contributed by atoms with Crippen molar-refractivity contribution in [2.24, 2.45) is 5.92 Å². The van der Waals surface area contributed by atoms with Gasteiger partial charge in [-0.05, 0) is 75.6 Å². The first-order valence-corrected chi connectivity index (χ1v) is 17.5. The SMILES string of the molecule is C[C@H](CO)N1C[C@H](C)[C@@H](CN(C)S(=O)(=O)c2ccc(F)cc2)OCCCC[C@H](C)Oc2ccc(NS(C)(=O)=O)cc2C1=O. The molecule has 0 aliphatic carbocycles. The Morgan fingerprint density at radius 2 is 1.79 bits per heavy atom. The minimum Gasteiger partial charge on any atom is -0.490 e. The second-order valence-electron chi connectivity index (χ2n) is 11.1. The minimum atomic E-state index is -3.96. The number of halogens is 1. The van der Waals surface area contributed by atoms with Gasteiger partial charge in [0.15, 0.2) is 0 Å². The molecule has 4 atom stereocenters. The predicted octanol–water partition coefficient (Wildman–Crippen LogP) is 3.31. The summed E-state index contributed by atoms with van der Waals surface area (Å²) >= 11 is 0. The van der Waals surface area contributed by atoms with E-state index in [-0.39, 0.29) is 47.7 Å². The highest BCUT2D eigenvalue weighted by Gasteiger charge is 2.32. The van der Waals surface area contributed by atoms with Gasteiger partial charge in [-0.25, -0.2) is 21.2 Å². The van der Waals surface area contributed by atoms with Crippen molar-refractivity contribution < 1.29 is 40.6 Å². The summed E-state index contributed by atoms with van der Waals surface area (Å²) in [7, 11) is -6.16. The number of aliphatic hydroxyl groups is 1. The number of aliphatic hydroxyl groups excluding tert-OH is 1. The van der Waals surface area contributed by atoms with E-state index in [0.717, 1.165) is 29.1 Å². The van der Waals surface area contributed by atoms with Gasteiger partial charge in [-0.15, -0.1) is 0 Å². The highest BCUT2D eigenvalue weighted by Crippen LogP contribution is 2.29. The van der Waals surface area contributed by atoms with E-state index in [9.17, 15) is 31.1 Å². The molecule has 0 fully saturated rings. The zero-order chi connectivity index (χ0) is 31.9. The predicted molar refractivity (Wildman–Crippen MR) is 162 cm³/mol. The third kappa shape index (κ3) is 9.60. The highest BCUT2D eigenvalue weighted by molar-refractivity contribution is 7.92. The van der Waals surface area contributed by atoms with Crippen LogP contribution in [-0.4, -0.2) is 94.9 Å². The van der Waals surface area contributed by atoms with E-state index in [0.29, 0.717) is 19.4 Å². The Balaban J connectivity index is 1.98. The summed E-state index contributed by atoms with van der Waals surface area (Å²) in [6.45, 7) is 5.45. The van der Waals surface area contributed by atoms with Crippen molar-refractivity contribution in [1.82, 2.24) is 9.21 Å². The van der Waals surface area contributed by atoms with Gasteiger partial charge in [0, 0.05) is 38.3 Å². The van der Waals surface area contributed by atoms with E-state index in [2.05, 4.69) is 4.72 Å². The van der Waals surface area contributed by atoms with Gasteiger partial charge in [-0.3, -0.25) is 9.52 Å². The second kappa shape index (κ2) is 14.8. The van der Waals surface area contributed by atoms with Crippen LogP contribution in [0, 0.1) is 11.7 Å². The van der Waals surface area contributed by atoms with E-state index < -0.39 is 49.8 Å². The Morgan fingerprint density at radius 3 is 2.42 bits per heavy atom. The molecule has 1 aliphatic heterocycles. The average Bonchev–Trinajstić information content (AvgIpc) is 2.93. The molecule has 1 amide bonds. The first-order valence-electron chi connectivity index (χ1n) is 14.2. The van der Waals surface area contributed by atoms with Crippen molar-refractivity contribution in [2.45, 2.75) is 63.2 Å². The highest BCUT2D eigenvalue weighted by atomic mass is 32.2. The lowest BCUT2D eigenvalue weighted by Gasteiger charge is -2.35. The molecule has 1 aliphatic rings. The number of fused-ring (bicyclic) bond motifs is 1. The normalized spacial score (nSPS) is 21.9. The molecule has 0 radical (unpaired) electrons. The maximum atomic E-state index is 14.1. The van der Waals surface area contributed by atoms with Gasteiger partial charge in [-0.1, -0.05) is 6.92 Å². The van der Waals surface area contributed by atoms with Gasteiger partial charge < -0.3 is 19.5 Å². The van der Waals surface area contributed by atoms with Crippen molar-refractivity contribution in [3.05, 3.63) is 53.8 Å². The third-order valence-corrected chi connectivity index (χ3v) is 9.76. The van der Waals surface area contributed by atoms with Crippen LogP contribution in [0.25, 0.3) is 0 Å². The van der Waals surface area contributed by atoms with Gasteiger partial charge >= 0.3 is 0 Å². The zero-order valence-electron chi connectivity index (χ0n) is 25.2. The Labute approximate surface area is 254 Å². The summed E-state index contributed by atoms with van der Waals surface area (Å²) in [6.07, 6.45) is 2.19. The maximum absolute atomic E-state index is 14.1. The number of ether oxygens (including phenoxy) is 2. The lowest BCUT2D eigenvalue weighted by Crippen LogP contribution is -2.48. The van der Waals surface area contributed by atoms with Crippen molar-refractivity contribution in [3.8, 4) is 5.75 Å². The van der Waals surface area contributed by atoms with E-state index in [1.165, 1.54) is 36.2 Å². The molecule has 3 rings (SSSR count). The molecular formula is C29H42FN3O8S2. The number of hydrogen-bond acceptors (Lipinski definition) is 8. The quantitative estimate of drug-likeness (QED) is 0.446. The number of benzene rings is 2. The Bertz CT molecular complexity index is 1450. The molecule has 0 bridgehead atoms. The minimum absolute atomic E-state index is 0.0328. The van der Waals surface area contributed by atoms with Gasteiger partial charge in [-0.2, -0.15) is 4.31 Å². The molecule has 0 unspecified atom stereocenters. The number of sulfonamides is 2. The number of amides is 1. The van der Waals surface area contributed by atoms with Crippen LogP contribution in [0.1, 0.15) is 50.4 Å². The Hall–Kier alpha value is -2.78. The number of nitrogens with zero attached hydrogens (tertiary/aromatic N) is 2. The lowest BCUT2D eigenvalue weighted by atomic mass is 10.0. The first-order chi connectivity index (χ1) is 20.1. The molecule has 0 spiro atoms. The molecule has 0 aromatic heterocycles. The average molecular weight is 644 g/mol. The summed E-state index contributed by atoms with van der Waals surface area (Å²) in [5.41, 5.74) is 0.309. The second-order valence-corrected chi connectivity index (χ2v) is 14.9. The van der Waals surface area contributed by atoms with Gasteiger partial charge in [0.05, 0.1) is 41.6 Å². The smallest absolute Gasteiger partial charge is 0.258 e. The van der Waals surface area contributed by atoms with Crippen LogP contribution in [0.5, 0.6) is 5.75 Å². The fraction of sp³-hybridized carbons (Fsp3) is 0.552. The molecule has 2 aromatic carbocycles. The summed E-state index contributed by atoms with van der Waals surface area (Å²) in [4.78, 5) is 15.5. The van der Waals surface area contributed by atoms with Crippen molar-refractivity contribution in [3.63, 3.8) is 0 Å². The van der Waals surface area contributed by atoms with Crippen molar-refractivity contribution in [1.29, 1.82) is 0 Å². The van der Waals surface area contributed by atoms with Crippen LogP contribution >= 0.6 is 0 Å². The molecule has 2 aromatic rings. The van der Waals surface area contributed by atoms with Crippen LogP contribution in [0.2, 0.25) is 0 Å². The topological polar surface area (TPSA) is 143 Å².